The lowest BCUT2D eigenvalue weighted by Gasteiger charge is -2.31. The molecule has 1 aromatic rings. The third kappa shape index (κ3) is 4.26. The van der Waals surface area contributed by atoms with Gasteiger partial charge in [0, 0.05) is 31.9 Å². The van der Waals surface area contributed by atoms with Crippen LogP contribution in [0, 0.1) is 0 Å². The van der Waals surface area contributed by atoms with Crippen molar-refractivity contribution in [1.29, 1.82) is 0 Å². The summed E-state index contributed by atoms with van der Waals surface area (Å²) in [7, 11) is 2.15. The zero-order valence-electron chi connectivity index (χ0n) is 16.2. The molecule has 3 aliphatic rings. The summed E-state index contributed by atoms with van der Waals surface area (Å²) in [5.74, 6) is -1.01. The number of aryl methyl sites for hydroxylation is 1. The second kappa shape index (κ2) is 7.89. The Kier molecular flexibility index (Phi) is 5.34. The Morgan fingerprint density at radius 3 is 2.63 bits per heavy atom. The van der Waals surface area contributed by atoms with Gasteiger partial charge in [0.15, 0.2) is 0 Å². The van der Waals surface area contributed by atoms with Gasteiger partial charge in [-0.3, -0.25) is 14.5 Å². The van der Waals surface area contributed by atoms with Gasteiger partial charge >= 0.3 is 11.8 Å². The molecule has 4 rings (SSSR count). The summed E-state index contributed by atoms with van der Waals surface area (Å²) in [6.07, 6.45) is 6.65. The highest BCUT2D eigenvalue weighted by Gasteiger charge is 2.29. The fourth-order valence-electron chi connectivity index (χ4n) is 4.27. The highest BCUT2D eigenvalue weighted by Crippen LogP contribution is 2.31. The van der Waals surface area contributed by atoms with Gasteiger partial charge in [-0.25, -0.2) is 0 Å². The summed E-state index contributed by atoms with van der Waals surface area (Å²) in [5.41, 5.74) is 3.95. The minimum absolute atomic E-state index is 0.128. The van der Waals surface area contributed by atoms with E-state index in [1.54, 1.807) is 0 Å². The van der Waals surface area contributed by atoms with Crippen molar-refractivity contribution in [2.75, 3.05) is 38.1 Å². The van der Waals surface area contributed by atoms with Gasteiger partial charge in [0.05, 0.1) is 6.04 Å². The van der Waals surface area contributed by atoms with E-state index in [2.05, 4.69) is 45.7 Å². The van der Waals surface area contributed by atoms with Crippen LogP contribution in [0.3, 0.4) is 0 Å². The van der Waals surface area contributed by atoms with Gasteiger partial charge in [-0.2, -0.15) is 0 Å². The molecule has 1 aromatic carbocycles. The van der Waals surface area contributed by atoms with Crippen LogP contribution in [0.4, 0.5) is 5.69 Å². The predicted molar refractivity (Wildman–Crippen MR) is 106 cm³/mol. The lowest BCUT2D eigenvalue weighted by molar-refractivity contribution is -0.139. The molecule has 1 saturated carbocycles. The van der Waals surface area contributed by atoms with E-state index in [1.807, 2.05) is 0 Å². The molecule has 6 heteroatoms. The van der Waals surface area contributed by atoms with Crippen molar-refractivity contribution < 1.29 is 9.59 Å². The number of hydrogen-bond acceptors (Lipinski definition) is 4. The van der Waals surface area contributed by atoms with Crippen LogP contribution in [0.2, 0.25) is 0 Å². The van der Waals surface area contributed by atoms with E-state index in [9.17, 15) is 9.59 Å². The second-order valence-corrected chi connectivity index (χ2v) is 8.13. The molecule has 2 heterocycles. The van der Waals surface area contributed by atoms with E-state index >= 15 is 0 Å². The van der Waals surface area contributed by atoms with Crippen LogP contribution in [0.5, 0.6) is 0 Å². The highest BCUT2D eigenvalue weighted by atomic mass is 16.2. The van der Waals surface area contributed by atoms with E-state index < -0.39 is 11.8 Å². The van der Waals surface area contributed by atoms with Gasteiger partial charge in [-0.15, -0.1) is 0 Å². The van der Waals surface area contributed by atoms with Crippen LogP contribution in [-0.2, 0) is 16.0 Å². The molecule has 0 aromatic heterocycles. The first-order valence-electron chi connectivity index (χ1n) is 10.3. The standard InChI is InChI=1S/C21H30N4O2/c1-24-10-4-5-15-13-16(6-9-18(15)24)19(25-11-2-3-12-25)14-22-20(26)21(27)23-17-7-8-17/h6,9,13,17,19H,2-5,7-8,10-12,14H2,1H3,(H,22,26)(H,23,27). The van der Waals surface area contributed by atoms with Crippen molar-refractivity contribution >= 4 is 17.5 Å². The molecule has 2 amide bonds. The lowest BCUT2D eigenvalue weighted by Crippen LogP contribution is -2.44. The number of amides is 2. The first kappa shape index (κ1) is 18.3. The molecule has 146 valence electrons. The highest BCUT2D eigenvalue weighted by molar-refractivity contribution is 6.35. The summed E-state index contributed by atoms with van der Waals surface area (Å²) in [4.78, 5) is 28.9. The van der Waals surface area contributed by atoms with Gasteiger partial charge in [0.25, 0.3) is 0 Å². The SMILES string of the molecule is CN1CCCc2cc(C(CNC(=O)C(=O)NC3CC3)N3CCCC3)ccc21. The topological polar surface area (TPSA) is 64.7 Å². The van der Waals surface area contributed by atoms with Crippen molar-refractivity contribution in [2.24, 2.45) is 0 Å². The molecule has 6 nitrogen and oxygen atoms in total. The Labute approximate surface area is 161 Å². The van der Waals surface area contributed by atoms with Gasteiger partial charge in [0.2, 0.25) is 0 Å². The maximum absolute atomic E-state index is 12.2. The van der Waals surface area contributed by atoms with Gasteiger partial charge in [0.1, 0.15) is 0 Å². The number of carbonyl (C=O) groups excluding carboxylic acids is 2. The number of rotatable bonds is 5. The molecule has 2 N–H and O–H groups in total. The second-order valence-electron chi connectivity index (χ2n) is 8.13. The van der Waals surface area contributed by atoms with Crippen molar-refractivity contribution in [1.82, 2.24) is 15.5 Å². The number of anilines is 1. The lowest BCUT2D eigenvalue weighted by atomic mass is 9.96. The molecule has 27 heavy (non-hydrogen) atoms. The zero-order chi connectivity index (χ0) is 18.8. The third-order valence-electron chi connectivity index (χ3n) is 6.00. The quantitative estimate of drug-likeness (QED) is 0.773. The Bertz CT molecular complexity index is 710. The van der Waals surface area contributed by atoms with Gasteiger partial charge in [-0.05, 0) is 68.8 Å². The Balaban J connectivity index is 1.47. The summed E-state index contributed by atoms with van der Waals surface area (Å²) < 4.78 is 0. The fraction of sp³-hybridized carbons (Fsp3) is 0.619. The van der Waals surface area contributed by atoms with Crippen LogP contribution in [0.1, 0.15) is 49.3 Å². The van der Waals surface area contributed by atoms with Crippen LogP contribution in [0.15, 0.2) is 18.2 Å². The van der Waals surface area contributed by atoms with Crippen molar-refractivity contribution in [3.8, 4) is 0 Å². The molecule has 1 saturated heterocycles. The number of hydrogen-bond donors (Lipinski definition) is 2. The van der Waals surface area contributed by atoms with E-state index in [-0.39, 0.29) is 12.1 Å². The van der Waals surface area contributed by atoms with Crippen LogP contribution in [-0.4, -0.2) is 56.0 Å². The zero-order valence-corrected chi connectivity index (χ0v) is 16.2. The maximum Gasteiger partial charge on any atom is 0.309 e. The molecule has 1 atom stereocenters. The third-order valence-corrected chi connectivity index (χ3v) is 6.00. The largest absolute Gasteiger partial charge is 0.374 e. The molecular weight excluding hydrogens is 340 g/mol. The average Bonchev–Trinajstić information content (AvgIpc) is 3.32. The normalized spacial score (nSPS) is 20.9. The van der Waals surface area contributed by atoms with E-state index in [0.29, 0.717) is 6.54 Å². The summed E-state index contributed by atoms with van der Waals surface area (Å²) in [5, 5.41) is 5.64. The first-order valence-corrected chi connectivity index (χ1v) is 10.3. The number of benzene rings is 1. The van der Waals surface area contributed by atoms with Crippen LogP contribution < -0.4 is 15.5 Å². The molecule has 1 aliphatic carbocycles. The van der Waals surface area contributed by atoms with E-state index in [1.165, 1.54) is 36.1 Å². The summed E-state index contributed by atoms with van der Waals surface area (Å²) in [6, 6.07) is 7.05. The fourth-order valence-corrected chi connectivity index (χ4v) is 4.27. The first-order chi connectivity index (χ1) is 13.1. The molecule has 1 unspecified atom stereocenters. The molecule has 2 aliphatic heterocycles. The minimum Gasteiger partial charge on any atom is -0.374 e. The number of nitrogens with zero attached hydrogens (tertiary/aromatic N) is 2. The summed E-state index contributed by atoms with van der Waals surface area (Å²) in [6.45, 7) is 3.68. The average molecular weight is 370 g/mol. The molecule has 0 radical (unpaired) electrons. The Morgan fingerprint density at radius 1 is 1.11 bits per heavy atom. The van der Waals surface area contributed by atoms with Gasteiger partial charge < -0.3 is 15.5 Å². The van der Waals surface area contributed by atoms with Crippen LogP contribution in [0.25, 0.3) is 0 Å². The predicted octanol–water partition coefficient (Wildman–Crippen LogP) is 1.60. The Morgan fingerprint density at radius 2 is 1.89 bits per heavy atom. The monoisotopic (exact) mass is 370 g/mol. The van der Waals surface area contributed by atoms with Gasteiger partial charge in [-0.1, -0.05) is 12.1 Å². The number of nitrogens with one attached hydrogen (secondary N) is 2. The maximum atomic E-state index is 12.2. The minimum atomic E-state index is -0.510. The van der Waals surface area contributed by atoms with Crippen molar-refractivity contribution in [3.05, 3.63) is 29.3 Å². The Hall–Kier alpha value is -2.08. The summed E-state index contributed by atoms with van der Waals surface area (Å²) >= 11 is 0. The van der Waals surface area contributed by atoms with E-state index in [0.717, 1.165) is 38.9 Å². The molecular formula is C21H30N4O2. The molecule has 0 bridgehead atoms. The number of likely N-dealkylation sites (tertiary alicyclic amines) is 1. The van der Waals surface area contributed by atoms with Crippen LogP contribution >= 0.6 is 0 Å². The smallest absolute Gasteiger partial charge is 0.309 e. The van der Waals surface area contributed by atoms with Crippen molar-refractivity contribution in [2.45, 2.75) is 50.6 Å². The molecule has 2 fully saturated rings. The molecule has 0 spiro atoms. The number of fused-ring (bicyclic) bond motifs is 1. The van der Waals surface area contributed by atoms with Crippen molar-refractivity contribution in [3.63, 3.8) is 0 Å². The number of carbonyl (C=O) groups is 2. The van der Waals surface area contributed by atoms with E-state index in [4.69, 9.17) is 0 Å².